The zero-order valence-corrected chi connectivity index (χ0v) is 13.7. The molecule has 126 valence electrons. The summed E-state index contributed by atoms with van der Waals surface area (Å²) in [7, 11) is 2.11. The monoisotopic (exact) mass is 327 g/mol. The molecule has 2 aliphatic rings. The van der Waals surface area contributed by atoms with Crippen molar-refractivity contribution in [1.82, 2.24) is 25.0 Å². The Morgan fingerprint density at radius 3 is 3.00 bits per heavy atom. The van der Waals surface area contributed by atoms with Crippen LogP contribution in [0.5, 0.6) is 0 Å². The molecule has 1 amide bonds. The molecule has 0 bridgehead atoms. The highest BCUT2D eigenvalue weighted by molar-refractivity contribution is 5.99. The van der Waals surface area contributed by atoms with Crippen molar-refractivity contribution in [3.8, 4) is 11.3 Å². The molecule has 7 heteroatoms. The first-order chi connectivity index (χ1) is 11.7. The Balaban J connectivity index is 1.56. The van der Waals surface area contributed by atoms with Crippen molar-refractivity contribution >= 4 is 5.91 Å². The largest absolute Gasteiger partial charge is 0.375 e. The van der Waals surface area contributed by atoms with E-state index in [1.165, 1.54) is 0 Å². The average Bonchev–Trinajstić information content (AvgIpc) is 3.12. The van der Waals surface area contributed by atoms with Crippen LogP contribution < -0.4 is 0 Å². The number of amides is 1. The van der Waals surface area contributed by atoms with Gasteiger partial charge in [-0.25, -0.2) is 0 Å². The molecule has 0 radical (unpaired) electrons. The second kappa shape index (κ2) is 6.33. The van der Waals surface area contributed by atoms with Crippen molar-refractivity contribution in [2.24, 2.45) is 0 Å². The molecule has 4 heterocycles. The number of aromatic amines is 1. The number of ether oxygens (including phenoxy) is 1. The molecule has 2 unspecified atom stereocenters. The molecule has 0 spiro atoms. The predicted molar refractivity (Wildman–Crippen MR) is 88.5 cm³/mol. The zero-order valence-electron chi connectivity index (χ0n) is 13.7. The molecule has 7 nitrogen and oxygen atoms in total. The topological polar surface area (TPSA) is 74.3 Å². The summed E-state index contributed by atoms with van der Waals surface area (Å²) >= 11 is 0. The number of nitrogens with one attached hydrogen (secondary N) is 1. The standard InChI is InChI=1S/C17H21N5O2/c1-21-8-9-24-15-4-7-22(11-14(15)21)17(23)13-10-19-20-16(13)12-2-5-18-6-3-12/h2-3,5-6,10,14-15H,4,7-9,11H2,1H3,(H,19,20). The van der Waals surface area contributed by atoms with Crippen molar-refractivity contribution < 1.29 is 9.53 Å². The molecule has 2 aliphatic heterocycles. The molecule has 2 aromatic heterocycles. The van der Waals surface area contributed by atoms with Crippen molar-refractivity contribution in [2.75, 3.05) is 33.3 Å². The SMILES string of the molecule is CN1CCOC2CCN(C(=O)c3cn[nH]c3-c3ccncc3)CC21. The van der Waals surface area contributed by atoms with E-state index in [0.29, 0.717) is 12.1 Å². The third kappa shape index (κ3) is 2.70. The number of hydrogen-bond acceptors (Lipinski definition) is 5. The smallest absolute Gasteiger partial charge is 0.257 e. The van der Waals surface area contributed by atoms with Crippen LogP contribution in [0.25, 0.3) is 11.3 Å². The highest BCUT2D eigenvalue weighted by Crippen LogP contribution is 2.26. The summed E-state index contributed by atoms with van der Waals surface area (Å²) in [5, 5.41) is 7.03. The van der Waals surface area contributed by atoms with Gasteiger partial charge < -0.3 is 9.64 Å². The average molecular weight is 327 g/mol. The molecular weight excluding hydrogens is 306 g/mol. The van der Waals surface area contributed by atoms with Crippen molar-refractivity contribution in [2.45, 2.75) is 18.6 Å². The summed E-state index contributed by atoms with van der Waals surface area (Å²) in [5.74, 6) is 0.0213. The first-order valence-corrected chi connectivity index (χ1v) is 8.29. The normalized spacial score (nSPS) is 24.6. The molecule has 2 aromatic rings. The van der Waals surface area contributed by atoms with Crippen molar-refractivity contribution in [3.05, 3.63) is 36.3 Å². The van der Waals surface area contributed by atoms with E-state index in [9.17, 15) is 4.79 Å². The number of carbonyl (C=O) groups excluding carboxylic acids is 1. The fraction of sp³-hybridized carbons (Fsp3) is 0.471. The van der Waals surface area contributed by atoms with Crippen LogP contribution in [0.4, 0.5) is 0 Å². The fourth-order valence-corrected chi connectivity index (χ4v) is 3.58. The summed E-state index contributed by atoms with van der Waals surface area (Å²) in [4.78, 5) is 21.3. The van der Waals surface area contributed by atoms with E-state index in [1.807, 2.05) is 17.0 Å². The Hall–Kier alpha value is -2.25. The molecule has 2 fully saturated rings. The minimum Gasteiger partial charge on any atom is -0.375 e. The number of likely N-dealkylation sites (N-methyl/N-ethyl adjacent to an activating group) is 1. The van der Waals surface area contributed by atoms with Gasteiger partial charge in [0.2, 0.25) is 0 Å². The van der Waals surface area contributed by atoms with Crippen molar-refractivity contribution in [3.63, 3.8) is 0 Å². The lowest BCUT2D eigenvalue weighted by Crippen LogP contribution is -2.59. The number of aromatic nitrogens is 3. The number of morpholine rings is 1. The van der Waals surface area contributed by atoms with Crippen molar-refractivity contribution in [1.29, 1.82) is 0 Å². The second-order valence-corrected chi connectivity index (χ2v) is 6.39. The quantitative estimate of drug-likeness (QED) is 0.891. The van der Waals surface area contributed by atoms with Crippen LogP contribution in [0.15, 0.2) is 30.7 Å². The lowest BCUT2D eigenvalue weighted by molar-refractivity contribution is -0.0893. The Kier molecular flexibility index (Phi) is 4.03. The Labute approximate surface area is 140 Å². The number of H-pyrrole nitrogens is 1. The number of piperidine rings is 1. The number of likely N-dealkylation sites (tertiary alicyclic amines) is 1. The Bertz CT molecular complexity index is 717. The maximum Gasteiger partial charge on any atom is 0.257 e. The number of fused-ring (bicyclic) bond motifs is 1. The van der Waals surface area contributed by atoms with E-state index in [4.69, 9.17) is 4.74 Å². The van der Waals surface area contributed by atoms with E-state index in [1.54, 1.807) is 18.6 Å². The lowest BCUT2D eigenvalue weighted by atomic mass is 9.98. The van der Waals surface area contributed by atoms with Gasteiger partial charge in [0.1, 0.15) is 0 Å². The maximum atomic E-state index is 13.0. The summed E-state index contributed by atoms with van der Waals surface area (Å²) in [6, 6.07) is 4.02. The van der Waals surface area contributed by atoms with E-state index < -0.39 is 0 Å². The molecule has 4 rings (SSSR count). The summed E-state index contributed by atoms with van der Waals surface area (Å²) in [6.07, 6.45) is 6.15. The molecular formula is C17H21N5O2. The molecule has 2 saturated heterocycles. The van der Waals surface area contributed by atoms with E-state index in [-0.39, 0.29) is 18.1 Å². The van der Waals surface area contributed by atoms with Crippen LogP contribution in [0.1, 0.15) is 16.8 Å². The highest BCUT2D eigenvalue weighted by Gasteiger charge is 2.37. The van der Waals surface area contributed by atoms with Crippen LogP contribution in [0.3, 0.4) is 0 Å². The molecule has 0 aliphatic carbocycles. The summed E-state index contributed by atoms with van der Waals surface area (Å²) < 4.78 is 5.86. The number of rotatable bonds is 2. The van der Waals surface area contributed by atoms with E-state index in [0.717, 1.165) is 37.4 Å². The fourth-order valence-electron chi connectivity index (χ4n) is 3.58. The van der Waals surface area contributed by atoms with Gasteiger partial charge in [-0.2, -0.15) is 5.10 Å². The Morgan fingerprint density at radius 1 is 1.33 bits per heavy atom. The van der Waals surface area contributed by atoms with Gasteiger partial charge in [0.15, 0.2) is 0 Å². The van der Waals surface area contributed by atoms with Gasteiger partial charge in [-0.1, -0.05) is 0 Å². The molecule has 24 heavy (non-hydrogen) atoms. The molecule has 0 saturated carbocycles. The maximum absolute atomic E-state index is 13.0. The Morgan fingerprint density at radius 2 is 2.17 bits per heavy atom. The first-order valence-electron chi connectivity index (χ1n) is 8.29. The molecule has 1 N–H and O–H groups in total. The van der Waals surface area contributed by atoms with Gasteiger partial charge in [0.05, 0.1) is 36.2 Å². The van der Waals surface area contributed by atoms with Gasteiger partial charge in [-0.3, -0.25) is 19.8 Å². The van der Waals surface area contributed by atoms with Crippen LogP contribution in [-0.2, 0) is 4.74 Å². The number of pyridine rings is 1. The van der Waals surface area contributed by atoms with Crippen LogP contribution in [0, 0.1) is 0 Å². The molecule has 0 aromatic carbocycles. The van der Waals surface area contributed by atoms with Crippen LogP contribution in [0.2, 0.25) is 0 Å². The summed E-state index contributed by atoms with van der Waals surface area (Å²) in [5.41, 5.74) is 2.27. The number of carbonyl (C=O) groups is 1. The number of nitrogens with zero attached hydrogens (tertiary/aromatic N) is 4. The van der Waals surface area contributed by atoms with Gasteiger partial charge in [-0.15, -0.1) is 0 Å². The minimum atomic E-state index is 0.0213. The first kappa shape index (κ1) is 15.3. The highest BCUT2D eigenvalue weighted by atomic mass is 16.5. The van der Waals surface area contributed by atoms with Gasteiger partial charge in [-0.05, 0) is 25.6 Å². The van der Waals surface area contributed by atoms with Gasteiger partial charge in [0, 0.05) is 37.6 Å². The van der Waals surface area contributed by atoms with Crippen LogP contribution >= 0.6 is 0 Å². The third-order valence-corrected chi connectivity index (χ3v) is 4.99. The summed E-state index contributed by atoms with van der Waals surface area (Å²) in [6.45, 7) is 3.10. The number of hydrogen-bond donors (Lipinski definition) is 1. The van der Waals surface area contributed by atoms with Gasteiger partial charge in [0.25, 0.3) is 5.91 Å². The second-order valence-electron chi connectivity index (χ2n) is 6.39. The zero-order chi connectivity index (χ0) is 16.5. The van der Waals surface area contributed by atoms with E-state index in [2.05, 4.69) is 27.1 Å². The van der Waals surface area contributed by atoms with Crippen LogP contribution in [-0.4, -0.2) is 76.3 Å². The van der Waals surface area contributed by atoms with E-state index >= 15 is 0 Å². The minimum absolute atomic E-state index is 0.0213. The van der Waals surface area contributed by atoms with Gasteiger partial charge >= 0.3 is 0 Å². The third-order valence-electron chi connectivity index (χ3n) is 4.99. The predicted octanol–water partition coefficient (Wildman–Crippen LogP) is 1.02. The lowest BCUT2D eigenvalue weighted by Gasteiger charge is -2.45. The molecule has 2 atom stereocenters.